The molecule has 0 saturated carbocycles. The molecule has 17 heavy (non-hydrogen) atoms. The topological polar surface area (TPSA) is 51.4 Å². The van der Waals surface area contributed by atoms with Gasteiger partial charge in [-0.2, -0.15) is 0 Å². The molecule has 0 aliphatic heterocycles. The van der Waals surface area contributed by atoms with Crippen molar-refractivity contribution in [3.63, 3.8) is 0 Å². The fourth-order valence-electron chi connectivity index (χ4n) is 1.43. The lowest BCUT2D eigenvalue weighted by Gasteiger charge is -2.02. The Morgan fingerprint density at radius 1 is 1.35 bits per heavy atom. The molecule has 4 heteroatoms. The largest absolute Gasteiger partial charge is 0.442 e. The van der Waals surface area contributed by atoms with Crippen molar-refractivity contribution < 1.29 is 0 Å². The van der Waals surface area contributed by atoms with Gasteiger partial charge in [0, 0.05) is 12.8 Å². The zero-order chi connectivity index (χ0) is 11.9. The molecule has 0 spiro atoms. The maximum atomic E-state index is 4.40. The highest BCUT2D eigenvalue weighted by atomic mass is 14.9. The normalized spacial score (nSPS) is 11.1. The molecule has 0 amide bonds. The molecule has 0 atom stereocenters. The summed E-state index contributed by atoms with van der Waals surface area (Å²) in [6.07, 6.45) is 3.50. The van der Waals surface area contributed by atoms with Gasteiger partial charge >= 0.3 is 0 Å². The molecule has 0 unspecified atom stereocenters. The van der Waals surface area contributed by atoms with Gasteiger partial charge in [0.1, 0.15) is 0 Å². The number of aromatic nitrogens is 2. The fourth-order valence-corrected chi connectivity index (χ4v) is 1.43. The molecule has 0 bridgehead atoms. The number of benzene rings is 1. The van der Waals surface area contributed by atoms with E-state index in [0.717, 1.165) is 30.2 Å². The summed E-state index contributed by atoms with van der Waals surface area (Å²) < 4.78 is 0. The number of rotatable bonds is 5. The molecule has 0 aliphatic rings. The maximum Gasteiger partial charge on any atom is 0.0514 e. The van der Waals surface area contributed by atoms with Crippen LogP contribution in [-0.4, -0.2) is 31.3 Å². The van der Waals surface area contributed by atoms with Crippen LogP contribution < -0.4 is 10.3 Å². The van der Waals surface area contributed by atoms with E-state index in [2.05, 4.69) is 20.3 Å². The van der Waals surface area contributed by atoms with Gasteiger partial charge in [0.15, 0.2) is 0 Å². The van der Waals surface area contributed by atoms with Gasteiger partial charge in [-0.15, -0.1) is 0 Å². The van der Waals surface area contributed by atoms with Crippen molar-refractivity contribution in [3.8, 4) is 11.4 Å². The van der Waals surface area contributed by atoms with E-state index in [1.807, 2.05) is 37.4 Å². The number of hydrogen-bond donors (Lipinski definition) is 1. The lowest BCUT2D eigenvalue weighted by atomic mass is 10.2. The van der Waals surface area contributed by atoms with Gasteiger partial charge in [-0.3, -0.25) is 4.99 Å². The summed E-state index contributed by atoms with van der Waals surface area (Å²) in [5.74, 6) is 0.751. The summed E-state index contributed by atoms with van der Waals surface area (Å²) in [6, 6.07) is 9.93. The number of likely N-dealkylation sites (N-methyl/N-ethyl adjacent to an activating group) is 1. The minimum atomic E-state index is 0.751. The zero-order valence-corrected chi connectivity index (χ0v) is 9.80. The standard InChI is InChI=1S/C13H15N4/c1-14-7-8-15-9-12-10-16-13(17-12)11-5-3-2-4-6-11/h2-6,9-10,14H,7-8H2,1H3/q-1. The second-order valence-electron chi connectivity index (χ2n) is 3.62. The zero-order valence-electron chi connectivity index (χ0n) is 9.80. The summed E-state index contributed by atoms with van der Waals surface area (Å²) in [5, 5.41) is 3.04. The summed E-state index contributed by atoms with van der Waals surface area (Å²) in [6.45, 7) is 1.63. The second-order valence-corrected chi connectivity index (χ2v) is 3.62. The first-order valence-corrected chi connectivity index (χ1v) is 5.60. The Labute approximate surface area is 101 Å². The highest BCUT2D eigenvalue weighted by Gasteiger charge is 1.91. The number of nitrogens with zero attached hydrogens (tertiary/aromatic N) is 3. The first-order chi connectivity index (χ1) is 8.40. The van der Waals surface area contributed by atoms with E-state index >= 15 is 0 Å². The van der Waals surface area contributed by atoms with Crippen LogP contribution >= 0.6 is 0 Å². The lowest BCUT2D eigenvalue weighted by molar-refractivity contribution is 0.804. The van der Waals surface area contributed by atoms with Crippen molar-refractivity contribution in [2.45, 2.75) is 0 Å². The number of hydrogen-bond acceptors (Lipinski definition) is 3. The molecule has 88 valence electrons. The molecule has 0 radical (unpaired) electrons. The second kappa shape index (κ2) is 5.96. The molecule has 1 aromatic heterocycles. The van der Waals surface area contributed by atoms with Crippen LogP contribution in [0, 0.1) is 0 Å². The summed E-state index contributed by atoms with van der Waals surface area (Å²) in [5.41, 5.74) is 1.84. The van der Waals surface area contributed by atoms with Gasteiger partial charge in [0.05, 0.1) is 6.54 Å². The van der Waals surface area contributed by atoms with Crippen molar-refractivity contribution in [1.82, 2.24) is 15.3 Å². The van der Waals surface area contributed by atoms with Crippen LogP contribution in [-0.2, 0) is 0 Å². The van der Waals surface area contributed by atoms with E-state index in [-0.39, 0.29) is 0 Å². The number of aliphatic imine (C=N–C) groups is 1. The third-order valence-corrected chi connectivity index (χ3v) is 2.30. The summed E-state index contributed by atoms with van der Waals surface area (Å²) >= 11 is 0. The van der Waals surface area contributed by atoms with E-state index in [1.165, 1.54) is 0 Å². The van der Waals surface area contributed by atoms with Gasteiger partial charge < -0.3 is 15.3 Å². The third-order valence-electron chi connectivity index (χ3n) is 2.30. The molecule has 4 nitrogen and oxygen atoms in total. The van der Waals surface area contributed by atoms with Crippen LogP contribution in [0.5, 0.6) is 0 Å². The van der Waals surface area contributed by atoms with E-state index in [1.54, 1.807) is 12.4 Å². The molecule has 1 aromatic carbocycles. The molecule has 0 saturated heterocycles. The number of imidazole rings is 1. The molecule has 1 heterocycles. The Morgan fingerprint density at radius 3 is 2.94 bits per heavy atom. The lowest BCUT2D eigenvalue weighted by Crippen LogP contribution is -2.10. The molecule has 2 aromatic rings. The Morgan fingerprint density at radius 2 is 2.18 bits per heavy atom. The maximum absolute atomic E-state index is 4.40. The van der Waals surface area contributed by atoms with Gasteiger partial charge in [-0.1, -0.05) is 42.4 Å². The highest BCUT2D eigenvalue weighted by molar-refractivity contribution is 5.77. The van der Waals surface area contributed by atoms with Crippen molar-refractivity contribution in [1.29, 1.82) is 0 Å². The minimum absolute atomic E-state index is 0.751. The smallest absolute Gasteiger partial charge is 0.0514 e. The average Bonchev–Trinajstić information content (AvgIpc) is 2.85. The van der Waals surface area contributed by atoms with Crippen LogP contribution in [0.25, 0.3) is 11.4 Å². The van der Waals surface area contributed by atoms with E-state index in [0.29, 0.717) is 0 Å². The van der Waals surface area contributed by atoms with Crippen LogP contribution in [0.1, 0.15) is 5.69 Å². The summed E-state index contributed by atoms with van der Waals surface area (Å²) in [7, 11) is 1.91. The van der Waals surface area contributed by atoms with E-state index < -0.39 is 0 Å². The Kier molecular flexibility index (Phi) is 4.05. The molecular weight excluding hydrogens is 212 g/mol. The molecule has 0 fully saturated rings. The fraction of sp³-hybridized carbons (Fsp3) is 0.231. The Balaban J connectivity index is 2.04. The van der Waals surface area contributed by atoms with Gasteiger partial charge in [-0.25, -0.2) is 0 Å². The van der Waals surface area contributed by atoms with Crippen molar-refractivity contribution >= 4 is 6.21 Å². The monoisotopic (exact) mass is 227 g/mol. The van der Waals surface area contributed by atoms with Crippen molar-refractivity contribution in [3.05, 3.63) is 42.2 Å². The highest BCUT2D eigenvalue weighted by Crippen LogP contribution is 2.13. The van der Waals surface area contributed by atoms with Crippen molar-refractivity contribution in [2.75, 3.05) is 20.1 Å². The predicted molar refractivity (Wildman–Crippen MR) is 69.4 cm³/mol. The van der Waals surface area contributed by atoms with Crippen LogP contribution in [0.4, 0.5) is 0 Å². The predicted octanol–water partition coefficient (Wildman–Crippen LogP) is 1.34. The minimum Gasteiger partial charge on any atom is -0.442 e. The molecule has 1 N–H and O–H groups in total. The van der Waals surface area contributed by atoms with Crippen molar-refractivity contribution in [2.24, 2.45) is 4.99 Å². The van der Waals surface area contributed by atoms with Crippen LogP contribution in [0.2, 0.25) is 0 Å². The van der Waals surface area contributed by atoms with E-state index in [4.69, 9.17) is 0 Å². The molecule has 2 rings (SSSR count). The quantitative estimate of drug-likeness (QED) is 0.619. The SMILES string of the molecule is CNCCN=Cc1c[n-]c(-c2ccccc2)n1. The number of nitrogens with one attached hydrogen (secondary N) is 1. The van der Waals surface area contributed by atoms with Gasteiger partial charge in [0.25, 0.3) is 0 Å². The first kappa shape index (κ1) is 11.5. The Bertz CT molecular complexity index is 473. The Hall–Kier alpha value is -1.94. The molecule has 0 aliphatic carbocycles. The first-order valence-electron chi connectivity index (χ1n) is 5.60. The average molecular weight is 227 g/mol. The van der Waals surface area contributed by atoms with Gasteiger partial charge in [-0.05, 0) is 18.3 Å². The third kappa shape index (κ3) is 3.26. The molecular formula is C13H15N4-. The van der Waals surface area contributed by atoms with Crippen LogP contribution in [0.15, 0.2) is 41.5 Å². The van der Waals surface area contributed by atoms with Crippen LogP contribution in [0.3, 0.4) is 0 Å². The van der Waals surface area contributed by atoms with E-state index in [9.17, 15) is 0 Å². The van der Waals surface area contributed by atoms with Gasteiger partial charge in [0.2, 0.25) is 0 Å². The summed E-state index contributed by atoms with van der Waals surface area (Å²) in [4.78, 5) is 12.9.